The monoisotopic (exact) mass is 763 g/mol. The molecule has 6 amide bonds. The van der Waals surface area contributed by atoms with Crippen LogP contribution in [0.25, 0.3) is 0 Å². The van der Waals surface area contributed by atoms with Gasteiger partial charge in [0.05, 0.1) is 24.9 Å². The van der Waals surface area contributed by atoms with Crippen LogP contribution in [0.3, 0.4) is 0 Å². The lowest BCUT2D eigenvalue weighted by Gasteiger charge is -2.36. The Morgan fingerprint density at radius 3 is 1.69 bits per heavy atom. The van der Waals surface area contributed by atoms with Gasteiger partial charge in [-0.25, -0.2) is 4.79 Å². The van der Waals surface area contributed by atoms with Crippen LogP contribution in [0.5, 0.6) is 5.75 Å². The zero-order chi connectivity index (χ0) is 41.8. The number of rotatable bonds is 19. The Labute approximate surface area is 315 Å². The number of carboxylic acid groups (broad SMARTS) is 2. The van der Waals surface area contributed by atoms with Crippen LogP contribution in [0.4, 0.5) is 0 Å². The van der Waals surface area contributed by atoms with Crippen molar-refractivity contribution in [1.29, 1.82) is 0 Å². The summed E-state index contributed by atoms with van der Waals surface area (Å²) in [6.07, 6.45) is -1.88. The van der Waals surface area contributed by atoms with Crippen molar-refractivity contribution in [1.82, 2.24) is 25.8 Å². The summed E-state index contributed by atoms with van der Waals surface area (Å²) in [7, 11) is 2.78. The quantitative estimate of drug-likeness (QED) is 0.0888. The van der Waals surface area contributed by atoms with Crippen molar-refractivity contribution in [2.45, 2.75) is 110 Å². The van der Waals surface area contributed by atoms with Crippen molar-refractivity contribution in [3.63, 3.8) is 0 Å². The Morgan fingerprint density at radius 2 is 1.24 bits per heavy atom. The van der Waals surface area contributed by atoms with Crippen LogP contribution in [0.15, 0.2) is 24.3 Å². The molecule has 1 aromatic rings. The van der Waals surface area contributed by atoms with E-state index < -0.39 is 114 Å². The van der Waals surface area contributed by atoms with Gasteiger partial charge in [0.2, 0.25) is 29.5 Å². The Kier molecular flexibility index (Phi) is 17.7. The van der Waals surface area contributed by atoms with Gasteiger partial charge < -0.3 is 47.6 Å². The number of phenolic OH excluding ortho intramolecular Hbond substituents is 1. The minimum absolute atomic E-state index is 0.0202. The molecule has 54 heavy (non-hydrogen) atoms. The second kappa shape index (κ2) is 20.4. The van der Waals surface area contributed by atoms with Gasteiger partial charge in [0, 0.05) is 14.1 Å². The summed E-state index contributed by atoms with van der Waals surface area (Å²) < 4.78 is 0. The van der Waals surface area contributed by atoms with Crippen molar-refractivity contribution in [2.75, 3.05) is 14.1 Å². The maximum absolute atomic E-state index is 14.4. The highest BCUT2D eigenvalue weighted by molar-refractivity contribution is 6.07. The van der Waals surface area contributed by atoms with Crippen molar-refractivity contribution in [2.24, 2.45) is 28.7 Å². The van der Waals surface area contributed by atoms with Crippen LogP contribution in [0.1, 0.15) is 73.3 Å². The molecule has 18 heteroatoms. The number of amides is 6. The Bertz CT molecular complexity index is 1520. The van der Waals surface area contributed by atoms with E-state index in [9.17, 15) is 53.7 Å². The summed E-state index contributed by atoms with van der Waals surface area (Å²) in [6, 6.07) is -3.49. The summed E-state index contributed by atoms with van der Waals surface area (Å²) in [5.74, 6) is -10.6. The molecule has 0 radical (unpaired) electrons. The fraction of sp³-hybridized carbons (Fsp3) is 0.611. The SMILES string of the molecule is CC(C)[C@H](NC(=O)[C@@H](N)Cc1ccc(O)cc1)C(=O)N[C@H](C(=O)N(C(=O)[C@@H](N)CC(=O)N(C)C)[C@@H](CC(=O)O)C(=O)N[C@@H](CC(C)(C)C)C(=O)O)C(C)C. The first-order valence-corrected chi connectivity index (χ1v) is 17.5. The third kappa shape index (κ3) is 14.7. The number of carbonyl (C=O) groups is 8. The molecule has 302 valence electrons. The fourth-order valence-electron chi connectivity index (χ4n) is 5.28. The molecule has 0 saturated heterocycles. The zero-order valence-electron chi connectivity index (χ0n) is 32.4. The molecule has 0 aliphatic rings. The second-order valence-electron chi connectivity index (χ2n) is 15.4. The van der Waals surface area contributed by atoms with Crippen LogP contribution >= 0.6 is 0 Å². The van der Waals surface area contributed by atoms with E-state index >= 15 is 0 Å². The van der Waals surface area contributed by atoms with E-state index in [1.165, 1.54) is 40.1 Å². The molecular formula is C36H57N7O11. The molecule has 0 aromatic heterocycles. The summed E-state index contributed by atoms with van der Waals surface area (Å²) in [5, 5.41) is 36.5. The zero-order valence-corrected chi connectivity index (χ0v) is 32.4. The van der Waals surface area contributed by atoms with Crippen LogP contribution in [-0.4, -0.2) is 123 Å². The smallest absolute Gasteiger partial charge is 0.326 e. The van der Waals surface area contributed by atoms with Gasteiger partial charge in [-0.05, 0) is 47.8 Å². The van der Waals surface area contributed by atoms with E-state index in [1.807, 2.05) is 0 Å². The molecule has 10 N–H and O–H groups in total. The highest BCUT2D eigenvalue weighted by Crippen LogP contribution is 2.22. The lowest BCUT2D eigenvalue weighted by molar-refractivity contribution is -0.158. The van der Waals surface area contributed by atoms with Crippen molar-refractivity contribution < 1.29 is 53.7 Å². The Hall–Kier alpha value is -5.10. The third-order valence-corrected chi connectivity index (χ3v) is 8.30. The molecule has 0 heterocycles. The lowest BCUT2D eigenvalue weighted by Crippen LogP contribution is -2.64. The number of imide groups is 1. The molecule has 0 aliphatic carbocycles. The molecule has 0 aliphatic heterocycles. The number of nitrogens with two attached hydrogens (primary N) is 2. The summed E-state index contributed by atoms with van der Waals surface area (Å²) in [4.78, 5) is 107. The van der Waals surface area contributed by atoms with E-state index in [-0.39, 0.29) is 23.5 Å². The highest BCUT2D eigenvalue weighted by atomic mass is 16.4. The number of nitrogens with one attached hydrogen (secondary N) is 3. The van der Waals surface area contributed by atoms with Crippen molar-refractivity contribution in [3.8, 4) is 5.75 Å². The van der Waals surface area contributed by atoms with Gasteiger partial charge in [-0.15, -0.1) is 0 Å². The number of hydrogen-bond donors (Lipinski definition) is 8. The van der Waals surface area contributed by atoms with Crippen molar-refractivity contribution >= 4 is 47.4 Å². The molecule has 6 atom stereocenters. The number of nitrogens with zero attached hydrogens (tertiary/aromatic N) is 2. The maximum atomic E-state index is 14.4. The maximum Gasteiger partial charge on any atom is 0.326 e. The molecule has 0 bridgehead atoms. The fourth-order valence-corrected chi connectivity index (χ4v) is 5.28. The molecule has 0 fully saturated rings. The molecule has 1 aromatic carbocycles. The Balaban J connectivity index is 3.63. The minimum Gasteiger partial charge on any atom is -0.508 e. The average molecular weight is 764 g/mol. The largest absolute Gasteiger partial charge is 0.508 e. The molecule has 1 rings (SSSR count). The number of phenols is 1. The van der Waals surface area contributed by atoms with Crippen LogP contribution in [-0.2, 0) is 44.8 Å². The van der Waals surface area contributed by atoms with Crippen LogP contribution in [0, 0.1) is 17.3 Å². The molecule has 0 saturated carbocycles. The van der Waals surface area contributed by atoms with Gasteiger partial charge in [-0.1, -0.05) is 60.6 Å². The molecule has 0 spiro atoms. The van der Waals surface area contributed by atoms with E-state index in [0.717, 1.165) is 4.90 Å². The predicted octanol–water partition coefficient (Wildman–Crippen LogP) is -0.447. The lowest BCUT2D eigenvalue weighted by atomic mass is 9.88. The predicted molar refractivity (Wildman–Crippen MR) is 196 cm³/mol. The average Bonchev–Trinajstić information content (AvgIpc) is 3.04. The first kappa shape index (κ1) is 46.9. The van der Waals surface area contributed by atoms with E-state index in [2.05, 4.69) is 16.0 Å². The van der Waals surface area contributed by atoms with Crippen LogP contribution in [0.2, 0.25) is 0 Å². The van der Waals surface area contributed by atoms with Crippen LogP contribution < -0.4 is 27.4 Å². The van der Waals surface area contributed by atoms with Gasteiger partial charge in [0.1, 0.15) is 29.9 Å². The summed E-state index contributed by atoms with van der Waals surface area (Å²) in [5.41, 5.74) is 12.2. The third-order valence-electron chi connectivity index (χ3n) is 8.30. The number of hydrogen-bond acceptors (Lipinski definition) is 11. The standard InChI is InChI=1S/C36H57N7O11/c1-18(2)28(40-30(48)22(37)14-20-10-12-21(44)13-11-20)32(50)41-29(19(3)4)34(52)43(33(51)23(38)15-26(45)42(8)9)25(16-27(46)47)31(49)39-24(35(53)54)17-36(5,6)7/h10-13,18-19,22-25,28-29,44H,14-17,37-38H2,1-9H3,(H,39,49)(H,40,48)(H,41,50)(H,46,47)(H,53,54)/t22-,23-,24-,25-,28-,29-/m0/s1. The number of aliphatic carboxylic acids is 2. The Morgan fingerprint density at radius 1 is 0.722 bits per heavy atom. The number of aromatic hydroxyl groups is 1. The normalized spacial score (nSPS) is 14.8. The summed E-state index contributed by atoms with van der Waals surface area (Å²) in [6.45, 7) is 11.3. The van der Waals surface area contributed by atoms with E-state index in [1.54, 1.807) is 46.8 Å². The number of carboxylic acids is 2. The van der Waals surface area contributed by atoms with Gasteiger partial charge in [-0.3, -0.25) is 38.5 Å². The van der Waals surface area contributed by atoms with E-state index in [4.69, 9.17) is 11.5 Å². The van der Waals surface area contributed by atoms with Gasteiger partial charge in [0.25, 0.3) is 5.91 Å². The first-order chi connectivity index (χ1) is 24.8. The van der Waals surface area contributed by atoms with Gasteiger partial charge in [-0.2, -0.15) is 0 Å². The number of benzene rings is 1. The topological polar surface area (TPSA) is 292 Å². The van der Waals surface area contributed by atoms with Crippen molar-refractivity contribution in [3.05, 3.63) is 29.8 Å². The second-order valence-corrected chi connectivity index (χ2v) is 15.4. The van der Waals surface area contributed by atoms with Gasteiger partial charge >= 0.3 is 11.9 Å². The minimum atomic E-state index is -2.17. The molecule has 0 unspecified atom stereocenters. The summed E-state index contributed by atoms with van der Waals surface area (Å²) >= 11 is 0. The molecular weight excluding hydrogens is 706 g/mol. The number of carbonyl (C=O) groups excluding carboxylic acids is 6. The van der Waals surface area contributed by atoms with E-state index in [0.29, 0.717) is 5.56 Å². The van der Waals surface area contributed by atoms with Gasteiger partial charge in [0.15, 0.2) is 0 Å². The molecule has 18 nitrogen and oxygen atoms in total. The highest BCUT2D eigenvalue weighted by Gasteiger charge is 2.44. The first-order valence-electron chi connectivity index (χ1n) is 17.5.